The first-order chi connectivity index (χ1) is 19.8. The number of carbonyl (C=O) groups excluding carboxylic acids is 1. The quantitative estimate of drug-likeness (QED) is 0.354. The molecule has 2 N–H and O–H groups in total. The molecule has 2 aromatic heterocycles. The first-order valence-corrected chi connectivity index (χ1v) is 14.4. The summed E-state index contributed by atoms with van der Waals surface area (Å²) >= 11 is 0. The number of aromatic nitrogens is 5. The highest BCUT2D eigenvalue weighted by molar-refractivity contribution is 5.69. The summed E-state index contributed by atoms with van der Waals surface area (Å²) in [4.78, 5) is 26.4. The Hall–Kier alpha value is -3.77. The molecule has 2 aliphatic heterocycles. The van der Waals surface area contributed by atoms with Crippen molar-refractivity contribution in [2.75, 3.05) is 54.9 Å². The number of benzene rings is 1. The van der Waals surface area contributed by atoms with Gasteiger partial charge in [-0.25, -0.2) is 4.68 Å². The van der Waals surface area contributed by atoms with Gasteiger partial charge >= 0.3 is 5.97 Å². The molecular weight excluding hydrogens is 522 g/mol. The van der Waals surface area contributed by atoms with Crippen molar-refractivity contribution in [1.82, 2.24) is 29.9 Å². The number of ether oxygens (including phenoxy) is 2. The summed E-state index contributed by atoms with van der Waals surface area (Å²) in [5, 5.41) is 15.2. The molecule has 3 aromatic rings. The van der Waals surface area contributed by atoms with Gasteiger partial charge in [-0.05, 0) is 39.2 Å². The standard InChI is InChI=1S/C29H41N9O3/c1-29(2,3)41-27(39)21-38-20-24(34-35-38)18-30-28-32-25(17-26(33-28)37-13-15-40-16-14-37)31-23-9-11-36(12-10-23)19-22-7-5-4-6-8-22/h4-8,17,20,23H,9-16,18-19,21H2,1-3H3,(H2,30,31,32,33). The van der Waals surface area contributed by atoms with E-state index in [9.17, 15) is 4.79 Å². The van der Waals surface area contributed by atoms with Gasteiger partial charge in [0, 0.05) is 44.8 Å². The predicted octanol–water partition coefficient (Wildman–Crippen LogP) is 2.94. The third-order valence-electron chi connectivity index (χ3n) is 6.96. The fourth-order valence-electron chi connectivity index (χ4n) is 5.00. The molecule has 0 spiro atoms. The molecule has 1 aromatic carbocycles. The SMILES string of the molecule is CC(C)(C)OC(=O)Cn1cc(CNc2nc(NC3CCN(Cc4ccccc4)CC3)cc(N3CCOCC3)n2)nn1. The van der Waals surface area contributed by atoms with Crippen LogP contribution in [-0.4, -0.2) is 86.9 Å². The molecule has 41 heavy (non-hydrogen) atoms. The third-order valence-corrected chi connectivity index (χ3v) is 6.96. The van der Waals surface area contributed by atoms with Crippen LogP contribution >= 0.6 is 0 Å². The van der Waals surface area contributed by atoms with Gasteiger partial charge in [-0.15, -0.1) is 5.10 Å². The first-order valence-electron chi connectivity index (χ1n) is 14.4. The molecule has 0 unspecified atom stereocenters. The normalized spacial score (nSPS) is 16.9. The topological polar surface area (TPSA) is 123 Å². The van der Waals surface area contributed by atoms with Gasteiger partial charge in [0.15, 0.2) is 0 Å². The average Bonchev–Trinajstić information content (AvgIpc) is 3.40. The summed E-state index contributed by atoms with van der Waals surface area (Å²) in [5.41, 5.74) is 1.48. The van der Waals surface area contributed by atoms with E-state index in [0.29, 0.717) is 37.4 Å². The minimum absolute atomic E-state index is 0.00548. The smallest absolute Gasteiger partial charge is 0.328 e. The lowest BCUT2D eigenvalue weighted by atomic mass is 10.0. The summed E-state index contributed by atoms with van der Waals surface area (Å²) in [6, 6.07) is 13.0. The summed E-state index contributed by atoms with van der Waals surface area (Å²) in [6.07, 6.45) is 3.83. The number of hydrogen-bond acceptors (Lipinski definition) is 11. The molecule has 0 aliphatic carbocycles. The highest BCUT2D eigenvalue weighted by Gasteiger charge is 2.22. The maximum atomic E-state index is 12.1. The molecule has 0 amide bonds. The van der Waals surface area contributed by atoms with Gasteiger partial charge in [-0.3, -0.25) is 9.69 Å². The molecule has 0 atom stereocenters. The van der Waals surface area contributed by atoms with Gasteiger partial charge in [-0.2, -0.15) is 9.97 Å². The van der Waals surface area contributed by atoms with Crippen molar-refractivity contribution >= 4 is 23.6 Å². The van der Waals surface area contributed by atoms with E-state index < -0.39 is 5.60 Å². The van der Waals surface area contributed by atoms with Crippen molar-refractivity contribution in [3.63, 3.8) is 0 Å². The molecule has 5 rings (SSSR count). The van der Waals surface area contributed by atoms with Crippen LogP contribution < -0.4 is 15.5 Å². The number of piperidine rings is 1. The zero-order valence-electron chi connectivity index (χ0n) is 24.3. The summed E-state index contributed by atoms with van der Waals surface area (Å²) < 4.78 is 12.4. The van der Waals surface area contributed by atoms with E-state index in [4.69, 9.17) is 19.4 Å². The van der Waals surface area contributed by atoms with E-state index in [2.05, 4.69) is 61.1 Å². The van der Waals surface area contributed by atoms with E-state index >= 15 is 0 Å². The number of hydrogen-bond donors (Lipinski definition) is 2. The van der Waals surface area contributed by atoms with Gasteiger partial charge in [0.05, 0.1) is 26.0 Å². The van der Waals surface area contributed by atoms with E-state index in [-0.39, 0.29) is 12.5 Å². The maximum Gasteiger partial charge on any atom is 0.328 e. The molecule has 12 nitrogen and oxygen atoms in total. The second-order valence-electron chi connectivity index (χ2n) is 11.6. The molecule has 0 bridgehead atoms. The second-order valence-corrected chi connectivity index (χ2v) is 11.6. The van der Waals surface area contributed by atoms with Crippen LogP contribution in [-0.2, 0) is 33.9 Å². The van der Waals surface area contributed by atoms with Crippen LogP contribution in [0.2, 0.25) is 0 Å². The largest absolute Gasteiger partial charge is 0.459 e. The summed E-state index contributed by atoms with van der Waals surface area (Å²) in [5.74, 6) is 1.83. The molecule has 220 valence electrons. The van der Waals surface area contributed by atoms with Gasteiger partial charge in [0.2, 0.25) is 5.95 Å². The average molecular weight is 564 g/mol. The monoisotopic (exact) mass is 563 g/mol. The molecule has 0 radical (unpaired) electrons. The predicted molar refractivity (Wildman–Crippen MR) is 157 cm³/mol. The van der Waals surface area contributed by atoms with Crippen molar-refractivity contribution in [3.8, 4) is 0 Å². The maximum absolute atomic E-state index is 12.1. The Morgan fingerprint density at radius 2 is 1.83 bits per heavy atom. The van der Waals surface area contributed by atoms with Crippen LogP contribution in [0, 0.1) is 0 Å². The Kier molecular flexibility index (Phi) is 9.30. The minimum atomic E-state index is -0.546. The Morgan fingerprint density at radius 3 is 2.56 bits per heavy atom. The van der Waals surface area contributed by atoms with E-state index in [1.165, 1.54) is 10.2 Å². The van der Waals surface area contributed by atoms with E-state index in [1.807, 2.05) is 26.8 Å². The van der Waals surface area contributed by atoms with Crippen LogP contribution in [0.25, 0.3) is 0 Å². The van der Waals surface area contributed by atoms with Crippen molar-refractivity contribution in [3.05, 3.63) is 53.9 Å². The number of carbonyl (C=O) groups is 1. The Labute approximate surface area is 241 Å². The molecule has 0 saturated carbocycles. The fourth-order valence-corrected chi connectivity index (χ4v) is 5.00. The molecule has 2 saturated heterocycles. The number of likely N-dealkylation sites (tertiary alicyclic amines) is 1. The van der Waals surface area contributed by atoms with Crippen molar-refractivity contribution < 1.29 is 14.3 Å². The number of rotatable bonds is 10. The number of esters is 1. The zero-order chi connectivity index (χ0) is 28.7. The van der Waals surface area contributed by atoms with Crippen LogP contribution in [0.1, 0.15) is 44.9 Å². The number of nitrogens with one attached hydrogen (secondary N) is 2. The second kappa shape index (κ2) is 13.3. The lowest BCUT2D eigenvalue weighted by Gasteiger charge is -2.33. The van der Waals surface area contributed by atoms with E-state index in [1.54, 1.807) is 6.20 Å². The third kappa shape index (κ3) is 8.86. The van der Waals surface area contributed by atoms with Crippen LogP contribution in [0.4, 0.5) is 17.6 Å². The Bertz CT molecular complexity index is 1260. The number of anilines is 3. The molecule has 2 fully saturated rings. The molecular formula is C29H41N9O3. The van der Waals surface area contributed by atoms with Crippen molar-refractivity contribution in [2.45, 2.75) is 64.9 Å². The molecule has 12 heteroatoms. The zero-order valence-corrected chi connectivity index (χ0v) is 24.3. The summed E-state index contributed by atoms with van der Waals surface area (Å²) in [6.45, 7) is 11.9. The van der Waals surface area contributed by atoms with Gasteiger partial charge in [0.25, 0.3) is 0 Å². The van der Waals surface area contributed by atoms with Gasteiger partial charge in [0.1, 0.15) is 29.5 Å². The van der Waals surface area contributed by atoms with Crippen molar-refractivity contribution in [2.24, 2.45) is 0 Å². The first kappa shape index (κ1) is 28.7. The number of nitrogens with zero attached hydrogens (tertiary/aromatic N) is 7. The van der Waals surface area contributed by atoms with Gasteiger partial charge < -0.3 is 25.0 Å². The van der Waals surface area contributed by atoms with Crippen LogP contribution in [0.5, 0.6) is 0 Å². The Balaban J connectivity index is 1.20. The highest BCUT2D eigenvalue weighted by atomic mass is 16.6. The van der Waals surface area contributed by atoms with Crippen molar-refractivity contribution in [1.29, 1.82) is 0 Å². The Morgan fingerprint density at radius 1 is 1.07 bits per heavy atom. The lowest BCUT2D eigenvalue weighted by Crippen LogP contribution is -2.39. The minimum Gasteiger partial charge on any atom is -0.459 e. The summed E-state index contributed by atoms with van der Waals surface area (Å²) in [7, 11) is 0. The lowest BCUT2D eigenvalue weighted by molar-refractivity contribution is -0.155. The number of morpholine rings is 1. The van der Waals surface area contributed by atoms with Gasteiger partial charge in [-0.1, -0.05) is 35.5 Å². The van der Waals surface area contributed by atoms with Crippen LogP contribution in [0.3, 0.4) is 0 Å². The van der Waals surface area contributed by atoms with E-state index in [0.717, 1.165) is 57.2 Å². The molecule has 4 heterocycles. The van der Waals surface area contributed by atoms with Crippen LogP contribution in [0.15, 0.2) is 42.6 Å². The molecule has 2 aliphatic rings. The fraction of sp³-hybridized carbons (Fsp3) is 0.552. The highest BCUT2D eigenvalue weighted by Crippen LogP contribution is 2.23.